The summed E-state index contributed by atoms with van der Waals surface area (Å²) < 4.78 is 0. The molecule has 0 bridgehead atoms. The summed E-state index contributed by atoms with van der Waals surface area (Å²) in [5, 5.41) is 6.14. The number of likely N-dealkylation sites (N-methyl/N-ethyl adjacent to an activating group) is 1. The molecule has 0 aromatic carbocycles. The monoisotopic (exact) mass is 177 g/mol. The Morgan fingerprint density at radius 2 is 1.82 bits per heavy atom. The molecule has 0 rings (SSSR count). The van der Waals surface area contributed by atoms with E-state index in [9.17, 15) is 4.79 Å². The summed E-state index contributed by atoms with van der Waals surface area (Å²) >= 11 is 2.88. The van der Waals surface area contributed by atoms with Crippen molar-refractivity contribution in [2.45, 2.75) is 0 Å². The van der Waals surface area contributed by atoms with Crippen molar-refractivity contribution in [3.8, 4) is 0 Å². The fraction of sp³-hybridized carbons (Fsp3) is 0.333. The summed E-state index contributed by atoms with van der Waals surface area (Å²) in [4.78, 5) is 20.6. The number of rotatable bonds is 1. The number of hydrogen-bond donors (Lipinski definition) is 2. The van der Waals surface area contributed by atoms with Gasteiger partial charge in [-0.05, 0) is 6.08 Å². The topological polar surface area (TPSA) is 57.6 Å². The van der Waals surface area contributed by atoms with Crippen LogP contribution in [0.1, 0.15) is 0 Å². The molecule has 4 nitrogen and oxygen atoms in total. The fourth-order valence-corrected chi connectivity index (χ4v) is 0.183. The zero-order chi connectivity index (χ0) is 9.44. The van der Waals surface area contributed by atoms with Crippen LogP contribution in [0.3, 0.4) is 0 Å². The van der Waals surface area contributed by atoms with Gasteiger partial charge in [0.25, 0.3) is 0 Å². The van der Waals surface area contributed by atoms with Crippen molar-refractivity contribution in [1.29, 1.82) is 0 Å². The highest BCUT2D eigenvalue weighted by Gasteiger charge is 1.91. The van der Waals surface area contributed by atoms with Crippen molar-refractivity contribution in [2.24, 2.45) is 0 Å². The minimum Gasteiger partial charge on any atom is -0.473 e. The third-order valence-corrected chi connectivity index (χ3v) is 0.615. The average molecular weight is 177 g/mol. The van der Waals surface area contributed by atoms with Crippen molar-refractivity contribution in [1.82, 2.24) is 4.90 Å². The van der Waals surface area contributed by atoms with E-state index in [0.29, 0.717) is 0 Å². The molecule has 0 heterocycles. The number of carbonyl (C=O) groups is 2. The van der Waals surface area contributed by atoms with E-state index in [2.05, 4.69) is 19.2 Å². The highest BCUT2D eigenvalue weighted by atomic mass is 32.1. The van der Waals surface area contributed by atoms with Crippen LogP contribution in [0.5, 0.6) is 0 Å². The zero-order valence-corrected chi connectivity index (χ0v) is 7.34. The minimum absolute atomic E-state index is 0.0556. The smallest absolute Gasteiger partial charge is 0.361 e. The molecule has 0 unspecified atom stereocenters. The maximum absolute atomic E-state index is 10.3. The molecule has 0 aliphatic carbocycles. The van der Waals surface area contributed by atoms with E-state index in [0.717, 1.165) is 0 Å². The van der Waals surface area contributed by atoms with Gasteiger partial charge in [-0.1, -0.05) is 19.2 Å². The van der Waals surface area contributed by atoms with Crippen molar-refractivity contribution in [2.75, 3.05) is 14.1 Å². The van der Waals surface area contributed by atoms with E-state index in [-0.39, 0.29) is 5.91 Å². The van der Waals surface area contributed by atoms with Gasteiger partial charge in [-0.3, -0.25) is 4.79 Å². The number of nitrogens with zero attached hydrogens (tertiary/aromatic N) is 1. The number of amides is 1. The van der Waals surface area contributed by atoms with Crippen LogP contribution in [-0.4, -0.2) is 35.3 Å². The maximum Gasteiger partial charge on any atom is 0.361 e. The molecule has 0 aliphatic rings. The van der Waals surface area contributed by atoms with Gasteiger partial charge in [-0.25, -0.2) is 4.79 Å². The number of carbonyl (C=O) groups excluding carboxylic acids is 1. The molecule has 0 radical (unpaired) electrons. The molecular weight excluding hydrogens is 166 g/mol. The lowest BCUT2D eigenvalue weighted by molar-refractivity contribution is -0.123. The molecule has 0 fully saturated rings. The van der Waals surface area contributed by atoms with Crippen LogP contribution < -0.4 is 0 Å². The van der Waals surface area contributed by atoms with Crippen molar-refractivity contribution in [3.05, 3.63) is 12.7 Å². The predicted molar refractivity (Wildman–Crippen MR) is 45.9 cm³/mol. The Kier molecular flexibility index (Phi) is 8.23. The Bertz CT molecular complexity index is 152. The van der Waals surface area contributed by atoms with Crippen LogP contribution in [0.25, 0.3) is 0 Å². The van der Waals surface area contributed by atoms with E-state index >= 15 is 0 Å². The molecule has 1 amide bonds. The molecule has 0 aromatic heterocycles. The van der Waals surface area contributed by atoms with Crippen LogP contribution in [-0.2, 0) is 4.79 Å². The SMILES string of the molecule is C=CC(=O)N(C)C.O=C(O)S. The Morgan fingerprint density at radius 1 is 1.55 bits per heavy atom. The Balaban J connectivity index is 0. The molecule has 11 heavy (non-hydrogen) atoms. The lowest BCUT2D eigenvalue weighted by Gasteiger charge is -2.03. The normalized spacial score (nSPS) is 7.18. The first-order valence-electron chi connectivity index (χ1n) is 2.67. The zero-order valence-electron chi connectivity index (χ0n) is 6.44. The van der Waals surface area contributed by atoms with Gasteiger partial charge in [-0.15, -0.1) is 0 Å². The van der Waals surface area contributed by atoms with Gasteiger partial charge < -0.3 is 10.0 Å². The second-order valence-corrected chi connectivity index (χ2v) is 2.10. The van der Waals surface area contributed by atoms with Crippen LogP contribution >= 0.6 is 12.6 Å². The summed E-state index contributed by atoms with van der Waals surface area (Å²) in [5.41, 5.74) is 0. The van der Waals surface area contributed by atoms with Gasteiger partial charge in [0, 0.05) is 14.1 Å². The van der Waals surface area contributed by atoms with E-state index < -0.39 is 5.30 Å². The van der Waals surface area contributed by atoms with E-state index in [1.807, 2.05) is 0 Å². The summed E-state index contributed by atoms with van der Waals surface area (Å²) in [5.74, 6) is -0.0556. The molecule has 0 spiro atoms. The second-order valence-electron chi connectivity index (χ2n) is 1.72. The Hall–Kier alpha value is -0.970. The molecule has 64 valence electrons. The third kappa shape index (κ3) is 17.6. The fourth-order valence-electron chi connectivity index (χ4n) is 0.183. The minimum atomic E-state index is -1.14. The second kappa shape index (κ2) is 7.14. The first kappa shape index (κ1) is 12.7. The molecule has 0 aromatic rings. The lowest BCUT2D eigenvalue weighted by Crippen LogP contribution is -2.18. The first-order chi connectivity index (χ1) is 4.91. The van der Waals surface area contributed by atoms with Crippen molar-refractivity contribution >= 4 is 23.8 Å². The summed E-state index contributed by atoms with van der Waals surface area (Å²) in [6.07, 6.45) is 1.28. The summed E-state index contributed by atoms with van der Waals surface area (Å²) in [6.45, 7) is 3.29. The number of thiol groups is 1. The molecule has 0 aliphatic heterocycles. The van der Waals surface area contributed by atoms with Gasteiger partial charge >= 0.3 is 5.30 Å². The standard InChI is InChI=1S/C5H9NO.CH2O2S/c1-4-5(7)6(2)3;2-1(3)4/h4H,1H2,2-3H3;4H,(H,2,3). The van der Waals surface area contributed by atoms with Gasteiger partial charge in [0.1, 0.15) is 0 Å². The Labute approximate surface area is 70.9 Å². The van der Waals surface area contributed by atoms with E-state index in [1.165, 1.54) is 11.0 Å². The average Bonchev–Trinajstić information content (AvgIpc) is 1.85. The van der Waals surface area contributed by atoms with Crippen molar-refractivity contribution in [3.63, 3.8) is 0 Å². The predicted octanol–water partition coefficient (Wildman–Crippen LogP) is 0.855. The molecule has 0 saturated heterocycles. The maximum atomic E-state index is 10.3. The molecule has 5 heteroatoms. The molecular formula is C6H11NO3S. The van der Waals surface area contributed by atoms with Crippen LogP contribution in [0.2, 0.25) is 0 Å². The van der Waals surface area contributed by atoms with Gasteiger partial charge in [0.2, 0.25) is 5.91 Å². The first-order valence-corrected chi connectivity index (χ1v) is 3.12. The number of hydrogen-bond acceptors (Lipinski definition) is 2. The molecule has 0 atom stereocenters. The highest BCUT2D eigenvalue weighted by molar-refractivity contribution is 7.96. The van der Waals surface area contributed by atoms with Crippen LogP contribution in [0.15, 0.2) is 12.7 Å². The lowest BCUT2D eigenvalue weighted by atomic mass is 10.5. The Morgan fingerprint density at radius 3 is 1.82 bits per heavy atom. The van der Waals surface area contributed by atoms with Gasteiger partial charge in [0.05, 0.1) is 0 Å². The largest absolute Gasteiger partial charge is 0.473 e. The number of carboxylic acid groups (broad SMARTS) is 1. The third-order valence-electron chi connectivity index (χ3n) is 0.615. The van der Waals surface area contributed by atoms with E-state index in [1.54, 1.807) is 14.1 Å². The highest BCUT2D eigenvalue weighted by Crippen LogP contribution is 1.74. The summed E-state index contributed by atoms with van der Waals surface area (Å²) in [7, 11) is 3.37. The van der Waals surface area contributed by atoms with Crippen LogP contribution in [0.4, 0.5) is 4.79 Å². The van der Waals surface area contributed by atoms with Gasteiger partial charge in [-0.2, -0.15) is 0 Å². The van der Waals surface area contributed by atoms with E-state index in [4.69, 9.17) is 9.90 Å². The molecule has 0 saturated carbocycles. The molecule has 1 N–H and O–H groups in total. The van der Waals surface area contributed by atoms with Gasteiger partial charge in [0.15, 0.2) is 0 Å². The van der Waals surface area contributed by atoms with Crippen LogP contribution in [0, 0.1) is 0 Å². The van der Waals surface area contributed by atoms with Crippen molar-refractivity contribution < 1.29 is 14.7 Å². The quantitative estimate of drug-likeness (QED) is 0.461. The summed E-state index contributed by atoms with van der Waals surface area (Å²) in [6, 6.07) is 0.